The fourth-order valence-electron chi connectivity index (χ4n) is 3.70. The normalized spacial score (nSPS) is 10.7. The number of carbonyl (C=O) groups excluding carboxylic acids is 1. The summed E-state index contributed by atoms with van der Waals surface area (Å²) in [5.74, 6) is 2.07. The molecule has 5 aromatic rings. The number of aromatic nitrogens is 5. The van der Waals surface area contributed by atoms with Crippen LogP contribution in [0.3, 0.4) is 0 Å². The van der Waals surface area contributed by atoms with Crippen molar-refractivity contribution in [1.82, 2.24) is 30.0 Å². The van der Waals surface area contributed by atoms with E-state index in [-0.39, 0.29) is 5.91 Å². The molecule has 0 fully saturated rings. The van der Waals surface area contributed by atoms with Gasteiger partial charge in [-0.2, -0.15) is 0 Å². The zero-order valence-electron chi connectivity index (χ0n) is 20.1. The second-order valence-electron chi connectivity index (χ2n) is 8.10. The first-order chi connectivity index (χ1) is 18.2. The molecule has 0 aliphatic carbocycles. The highest BCUT2D eigenvalue weighted by Crippen LogP contribution is 2.30. The summed E-state index contributed by atoms with van der Waals surface area (Å²) in [6.45, 7) is 0.458. The van der Waals surface area contributed by atoms with Gasteiger partial charge in [-0.15, -0.1) is 10.2 Å². The summed E-state index contributed by atoms with van der Waals surface area (Å²) >= 11 is 1.58. The molecule has 0 saturated carbocycles. The van der Waals surface area contributed by atoms with Gasteiger partial charge in [-0.3, -0.25) is 19.3 Å². The Balaban J connectivity index is 1.31. The Morgan fingerprint density at radius 2 is 1.51 bits per heavy atom. The molecule has 37 heavy (non-hydrogen) atoms. The van der Waals surface area contributed by atoms with Crippen molar-refractivity contribution < 1.29 is 9.53 Å². The number of benzene rings is 2. The van der Waals surface area contributed by atoms with Crippen molar-refractivity contribution in [2.45, 2.75) is 17.5 Å². The van der Waals surface area contributed by atoms with E-state index in [2.05, 4.69) is 25.5 Å². The number of rotatable bonds is 9. The average Bonchev–Trinajstić information content (AvgIpc) is 3.40. The Morgan fingerprint density at radius 3 is 2.19 bits per heavy atom. The predicted octanol–water partition coefficient (Wildman–Crippen LogP) is 4.96. The van der Waals surface area contributed by atoms with Gasteiger partial charge >= 0.3 is 0 Å². The van der Waals surface area contributed by atoms with Gasteiger partial charge in [0.1, 0.15) is 5.75 Å². The van der Waals surface area contributed by atoms with E-state index in [1.165, 1.54) is 0 Å². The molecule has 1 amide bonds. The van der Waals surface area contributed by atoms with Crippen molar-refractivity contribution in [1.29, 1.82) is 0 Å². The highest BCUT2D eigenvalue weighted by atomic mass is 32.2. The molecule has 3 aromatic heterocycles. The van der Waals surface area contributed by atoms with Crippen LogP contribution in [-0.2, 0) is 12.3 Å². The minimum atomic E-state index is -0.114. The van der Waals surface area contributed by atoms with E-state index in [4.69, 9.17) is 4.74 Å². The standard InChI is InChI=1S/C28H24N6O2S/c1-36-25-8-6-24(7-9-25)34-26(22-12-16-30-17-13-22)32-33-28(34)37-19-21-2-4-23(5-3-21)27(35)31-18-20-10-14-29-15-11-20/h2-17H,18-19H2,1H3,(H,31,35). The van der Waals surface area contributed by atoms with Gasteiger partial charge in [0.15, 0.2) is 11.0 Å². The summed E-state index contributed by atoms with van der Waals surface area (Å²) in [4.78, 5) is 20.6. The van der Waals surface area contributed by atoms with Crippen molar-refractivity contribution >= 4 is 17.7 Å². The number of amides is 1. The highest BCUT2D eigenvalue weighted by molar-refractivity contribution is 7.98. The third-order valence-electron chi connectivity index (χ3n) is 5.69. The first-order valence-electron chi connectivity index (χ1n) is 11.6. The lowest BCUT2D eigenvalue weighted by Gasteiger charge is -2.11. The lowest BCUT2D eigenvalue weighted by Crippen LogP contribution is -2.22. The minimum Gasteiger partial charge on any atom is -0.497 e. The Kier molecular flexibility index (Phi) is 7.52. The number of pyridine rings is 2. The third-order valence-corrected chi connectivity index (χ3v) is 6.69. The molecule has 0 aliphatic rings. The molecule has 3 heterocycles. The van der Waals surface area contributed by atoms with Crippen LogP contribution >= 0.6 is 11.8 Å². The van der Waals surface area contributed by atoms with Crippen molar-refractivity contribution in [3.05, 3.63) is 114 Å². The van der Waals surface area contributed by atoms with Gasteiger partial charge < -0.3 is 10.1 Å². The summed E-state index contributed by atoms with van der Waals surface area (Å²) in [6.07, 6.45) is 6.90. The zero-order valence-corrected chi connectivity index (χ0v) is 20.9. The molecule has 0 bridgehead atoms. The van der Waals surface area contributed by atoms with Crippen LogP contribution in [-0.4, -0.2) is 37.7 Å². The largest absolute Gasteiger partial charge is 0.497 e. The number of ether oxygens (including phenoxy) is 1. The van der Waals surface area contributed by atoms with Crippen LogP contribution in [0.1, 0.15) is 21.5 Å². The maximum atomic E-state index is 12.5. The van der Waals surface area contributed by atoms with Crippen LogP contribution in [0.15, 0.2) is 103 Å². The van der Waals surface area contributed by atoms with Gasteiger partial charge in [-0.1, -0.05) is 23.9 Å². The van der Waals surface area contributed by atoms with Gasteiger partial charge in [0.25, 0.3) is 5.91 Å². The van der Waals surface area contributed by atoms with E-state index in [0.29, 0.717) is 17.9 Å². The number of hydrogen-bond donors (Lipinski definition) is 1. The molecule has 0 unspecified atom stereocenters. The predicted molar refractivity (Wildman–Crippen MR) is 143 cm³/mol. The van der Waals surface area contributed by atoms with Crippen molar-refractivity contribution in [2.75, 3.05) is 7.11 Å². The van der Waals surface area contributed by atoms with E-state index in [1.807, 2.05) is 77.4 Å². The molecular formula is C28H24N6O2S. The molecular weight excluding hydrogens is 484 g/mol. The summed E-state index contributed by atoms with van der Waals surface area (Å²) in [7, 11) is 1.65. The molecule has 5 rings (SSSR count). The maximum absolute atomic E-state index is 12.5. The van der Waals surface area contributed by atoms with Crippen LogP contribution in [0.2, 0.25) is 0 Å². The van der Waals surface area contributed by atoms with Crippen LogP contribution in [0.25, 0.3) is 17.1 Å². The van der Waals surface area contributed by atoms with Crippen LogP contribution in [0.5, 0.6) is 5.75 Å². The van der Waals surface area contributed by atoms with Crippen molar-refractivity contribution in [3.8, 4) is 22.8 Å². The Hall–Kier alpha value is -4.50. The van der Waals surface area contributed by atoms with E-state index in [0.717, 1.165) is 39.1 Å². The number of thioether (sulfide) groups is 1. The van der Waals surface area contributed by atoms with Gasteiger partial charge in [0.05, 0.1) is 7.11 Å². The lowest BCUT2D eigenvalue weighted by molar-refractivity contribution is 0.0951. The SMILES string of the molecule is COc1ccc(-n2c(SCc3ccc(C(=O)NCc4ccncc4)cc3)nnc2-c2ccncc2)cc1. The zero-order chi connectivity index (χ0) is 25.5. The van der Waals surface area contributed by atoms with Crippen LogP contribution < -0.4 is 10.1 Å². The molecule has 9 heteroatoms. The second kappa shape index (κ2) is 11.5. The third kappa shape index (κ3) is 5.84. The topological polar surface area (TPSA) is 94.8 Å². The fraction of sp³-hybridized carbons (Fsp3) is 0.107. The smallest absolute Gasteiger partial charge is 0.251 e. The average molecular weight is 509 g/mol. The molecule has 184 valence electrons. The fourth-order valence-corrected chi connectivity index (χ4v) is 4.61. The summed E-state index contributed by atoms with van der Waals surface area (Å²) in [6, 6.07) is 23.0. The van der Waals surface area contributed by atoms with Gasteiger partial charge in [-0.05, 0) is 71.8 Å². The van der Waals surface area contributed by atoms with Crippen LogP contribution in [0, 0.1) is 0 Å². The first kappa shape index (κ1) is 24.2. The Labute approximate surface area is 218 Å². The number of nitrogens with zero attached hydrogens (tertiary/aromatic N) is 5. The number of nitrogens with one attached hydrogen (secondary N) is 1. The number of hydrogen-bond acceptors (Lipinski definition) is 7. The van der Waals surface area contributed by atoms with Crippen molar-refractivity contribution in [3.63, 3.8) is 0 Å². The quantitative estimate of drug-likeness (QED) is 0.281. The molecule has 1 N–H and O–H groups in total. The Bertz CT molecular complexity index is 1460. The van der Waals surface area contributed by atoms with E-state index < -0.39 is 0 Å². The number of methoxy groups -OCH3 is 1. The van der Waals surface area contributed by atoms with Crippen LogP contribution in [0.4, 0.5) is 0 Å². The number of carbonyl (C=O) groups is 1. The first-order valence-corrected chi connectivity index (χ1v) is 12.6. The summed E-state index contributed by atoms with van der Waals surface area (Å²) < 4.78 is 7.34. The summed E-state index contributed by atoms with van der Waals surface area (Å²) in [5.41, 5.74) is 4.55. The molecule has 0 saturated heterocycles. The van der Waals surface area contributed by atoms with Gasteiger partial charge in [0, 0.05) is 53.9 Å². The van der Waals surface area contributed by atoms with Gasteiger partial charge in [0.2, 0.25) is 0 Å². The maximum Gasteiger partial charge on any atom is 0.251 e. The molecule has 8 nitrogen and oxygen atoms in total. The molecule has 0 aliphatic heterocycles. The van der Waals surface area contributed by atoms with E-state index >= 15 is 0 Å². The van der Waals surface area contributed by atoms with E-state index in [1.54, 1.807) is 43.7 Å². The lowest BCUT2D eigenvalue weighted by atomic mass is 10.1. The highest BCUT2D eigenvalue weighted by Gasteiger charge is 2.16. The molecule has 0 atom stereocenters. The Morgan fingerprint density at radius 1 is 0.838 bits per heavy atom. The van der Waals surface area contributed by atoms with E-state index in [9.17, 15) is 4.79 Å². The van der Waals surface area contributed by atoms with Gasteiger partial charge in [-0.25, -0.2) is 0 Å². The molecule has 2 aromatic carbocycles. The monoisotopic (exact) mass is 508 g/mol. The van der Waals surface area contributed by atoms with Crippen molar-refractivity contribution in [2.24, 2.45) is 0 Å². The second-order valence-corrected chi connectivity index (χ2v) is 9.04. The molecule has 0 radical (unpaired) electrons. The minimum absolute atomic E-state index is 0.114. The molecule has 0 spiro atoms. The summed E-state index contributed by atoms with van der Waals surface area (Å²) in [5, 5.41) is 12.7.